The van der Waals surface area contributed by atoms with Gasteiger partial charge >= 0.3 is 0 Å². The third-order valence-electron chi connectivity index (χ3n) is 2.51. The van der Waals surface area contributed by atoms with Crippen molar-refractivity contribution in [1.29, 1.82) is 0 Å². The van der Waals surface area contributed by atoms with E-state index in [1.54, 1.807) is 11.8 Å². The van der Waals surface area contributed by atoms with Crippen LogP contribution in [0.15, 0.2) is 24.3 Å². The Kier molecular flexibility index (Phi) is 3.60. The zero-order chi connectivity index (χ0) is 12.4. The van der Waals surface area contributed by atoms with Crippen molar-refractivity contribution >= 4 is 23.2 Å². The summed E-state index contributed by atoms with van der Waals surface area (Å²) >= 11 is 11.8. The van der Waals surface area contributed by atoms with Crippen LogP contribution in [-0.4, -0.2) is 16.9 Å². The average molecular weight is 271 g/mol. The number of methoxy groups -OCH3 is 1. The van der Waals surface area contributed by atoms with E-state index in [1.807, 2.05) is 31.3 Å². The fourth-order valence-electron chi connectivity index (χ4n) is 1.69. The summed E-state index contributed by atoms with van der Waals surface area (Å²) in [6, 6.07) is 7.59. The van der Waals surface area contributed by atoms with Gasteiger partial charge in [0, 0.05) is 12.6 Å². The highest BCUT2D eigenvalue weighted by Crippen LogP contribution is 2.30. The Morgan fingerprint density at radius 1 is 1.35 bits per heavy atom. The third kappa shape index (κ3) is 2.40. The molecule has 1 heterocycles. The van der Waals surface area contributed by atoms with Crippen LogP contribution < -0.4 is 4.74 Å². The SMILES string of the molecule is COc1ccc(-c2cc(CCl)nn2C)cc1Cl. The molecule has 0 saturated heterocycles. The van der Waals surface area contributed by atoms with Crippen molar-refractivity contribution in [3.05, 3.63) is 35.0 Å². The Hall–Kier alpha value is -1.19. The molecule has 0 spiro atoms. The van der Waals surface area contributed by atoms with Crippen LogP contribution in [0.4, 0.5) is 0 Å². The molecule has 17 heavy (non-hydrogen) atoms. The van der Waals surface area contributed by atoms with Crippen molar-refractivity contribution < 1.29 is 4.74 Å². The van der Waals surface area contributed by atoms with Gasteiger partial charge in [0.05, 0.1) is 29.4 Å². The first kappa shape index (κ1) is 12.3. The summed E-state index contributed by atoms with van der Waals surface area (Å²) in [4.78, 5) is 0. The summed E-state index contributed by atoms with van der Waals surface area (Å²) in [5.74, 6) is 1.06. The van der Waals surface area contributed by atoms with Gasteiger partial charge in [0.25, 0.3) is 0 Å². The minimum Gasteiger partial charge on any atom is -0.495 e. The van der Waals surface area contributed by atoms with E-state index in [2.05, 4.69) is 5.10 Å². The highest BCUT2D eigenvalue weighted by Gasteiger charge is 2.09. The maximum absolute atomic E-state index is 6.09. The maximum atomic E-state index is 6.09. The number of ether oxygens (including phenoxy) is 1. The minimum absolute atomic E-state index is 0.401. The van der Waals surface area contributed by atoms with Gasteiger partial charge in [-0.2, -0.15) is 5.10 Å². The number of halogens is 2. The van der Waals surface area contributed by atoms with Gasteiger partial charge in [0.2, 0.25) is 0 Å². The Labute approximate surface area is 110 Å². The van der Waals surface area contributed by atoms with Crippen molar-refractivity contribution in [2.24, 2.45) is 7.05 Å². The van der Waals surface area contributed by atoms with Crippen LogP contribution in [-0.2, 0) is 12.9 Å². The topological polar surface area (TPSA) is 27.1 Å². The van der Waals surface area contributed by atoms with Crippen molar-refractivity contribution in [3.63, 3.8) is 0 Å². The number of hydrogen-bond donors (Lipinski definition) is 0. The van der Waals surface area contributed by atoms with E-state index in [-0.39, 0.29) is 0 Å². The van der Waals surface area contributed by atoms with Gasteiger partial charge in [-0.05, 0) is 24.3 Å². The molecule has 0 saturated carbocycles. The molecule has 0 aliphatic heterocycles. The summed E-state index contributed by atoms with van der Waals surface area (Å²) < 4.78 is 6.90. The van der Waals surface area contributed by atoms with Crippen LogP contribution in [0, 0.1) is 0 Å². The van der Waals surface area contributed by atoms with Gasteiger partial charge in [-0.25, -0.2) is 0 Å². The molecule has 0 aliphatic carbocycles. The molecule has 2 aromatic rings. The molecule has 0 amide bonds. The first-order chi connectivity index (χ1) is 8.15. The molecule has 0 fully saturated rings. The molecule has 0 unspecified atom stereocenters. The summed E-state index contributed by atoms with van der Waals surface area (Å²) in [5, 5.41) is 4.87. The lowest BCUT2D eigenvalue weighted by Crippen LogP contribution is -1.94. The van der Waals surface area contributed by atoms with E-state index in [0.717, 1.165) is 17.0 Å². The lowest BCUT2D eigenvalue weighted by molar-refractivity contribution is 0.415. The van der Waals surface area contributed by atoms with Crippen LogP contribution in [0.3, 0.4) is 0 Å². The first-order valence-electron chi connectivity index (χ1n) is 5.08. The van der Waals surface area contributed by atoms with Gasteiger partial charge in [-0.15, -0.1) is 11.6 Å². The highest BCUT2D eigenvalue weighted by molar-refractivity contribution is 6.32. The third-order valence-corrected chi connectivity index (χ3v) is 3.08. The second-order valence-electron chi connectivity index (χ2n) is 3.63. The van der Waals surface area contributed by atoms with E-state index in [4.69, 9.17) is 27.9 Å². The largest absolute Gasteiger partial charge is 0.495 e. The standard InChI is InChI=1S/C12H12Cl2N2O/c1-16-11(6-9(7-13)15-16)8-3-4-12(17-2)10(14)5-8/h3-6H,7H2,1-2H3. The fraction of sp³-hybridized carbons (Fsp3) is 0.250. The van der Waals surface area contributed by atoms with Crippen LogP contribution in [0.25, 0.3) is 11.3 Å². The summed E-state index contributed by atoms with van der Waals surface area (Å²) in [5.41, 5.74) is 2.81. The van der Waals surface area contributed by atoms with E-state index < -0.39 is 0 Å². The molecule has 0 N–H and O–H groups in total. The summed E-state index contributed by atoms with van der Waals surface area (Å²) in [7, 11) is 3.47. The number of aryl methyl sites for hydroxylation is 1. The zero-order valence-corrected chi connectivity index (χ0v) is 11.1. The molecule has 90 valence electrons. The highest BCUT2D eigenvalue weighted by atomic mass is 35.5. The van der Waals surface area contributed by atoms with Crippen LogP contribution in [0.5, 0.6) is 5.75 Å². The summed E-state index contributed by atoms with van der Waals surface area (Å²) in [6.07, 6.45) is 0. The fourth-order valence-corrected chi connectivity index (χ4v) is 2.08. The first-order valence-corrected chi connectivity index (χ1v) is 5.99. The smallest absolute Gasteiger partial charge is 0.137 e. The van der Waals surface area contributed by atoms with Crippen molar-refractivity contribution in [3.8, 4) is 17.0 Å². The molecule has 1 aromatic heterocycles. The van der Waals surface area contributed by atoms with Crippen LogP contribution in [0.1, 0.15) is 5.69 Å². The molecule has 2 rings (SSSR count). The zero-order valence-electron chi connectivity index (χ0n) is 9.58. The molecule has 5 heteroatoms. The van der Waals surface area contributed by atoms with E-state index in [9.17, 15) is 0 Å². The molecule has 3 nitrogen and oxygen atoms in total. The Bertz CT molecular complexity index is 537. The molecule has 0 bridgehead atoms. The van der Waals surface area contributed by atoms with Crippen molar-refractivity contribution in [1.82, 2.24) is 9.78 Å². The molecular formula is C12H12Cl2N2O. The minimum atomic E-state index is 0.401. The molecule has 0 atom stereocenters. The predicted molar refractivity (Wildman–Crippen MR) is 69.8 cm³/mol. The molecule has 0 radical (unpaired) electrons. The number of rotatable bonds is 3. The second-order valence-corrected chi connectivity index (χ2v) is 4.30. The number of alkyl halides is 1. The van der Waals surface area contributed by atoms with Crippen LogP contribution in [0.2, 0.25) is 5.02 Å². The van der Waals surface area contributed by atoms with Gasteiger partial charge in [-0.3, -0.25) is 4.68 Å². The number of nitrogens with zero attached hydrogens (tertiary/aromatic N) is 2. The number of aromatic nitrogens is 2. The molecule has 0 aliphatic rings. The van der Waals surface area contributed by atoms with Crippen molar-refractivity contribution in [2.75, 3.05) is 7.11 Å². The van der Waals surface area contributed by atoms with Gasteiger partial charge < -0.3 is 4.74 Å². The Morgan fingerprint density at radius 3 is 2.65 bits per heavy atom. The molecular weight excluding hydrogens is 259 g/mol. The average Bonchev–Trinajstić information content (AvgIpc) is 2.70. The monoisotopic (exact) mass is 270 g/mol. The van der Waals surface area contributed by atoms with E-state index in [0.29, 0.717) is 16.7 Å². The summed E-state index contributed by atoms with van der Waals surface area (Å²) in [6.45, 7) is 0. The number of benzene rings is 1. The van der Waals surface area contributed by atoms with Crippen molar-refractivity contribution in [2.45, 2.75) is 5.88 Å². The molecule has 1 aromatic carbocycles. The quantitative estimate of drug-likeness (QED) is 0.799. The van der Waals surface area contributed by atoms with Gasteiger partial charge in [0.15, 0.2) is 0 Å². The lowest BCUT2D eigenvalue weighted by atomic mass is 10.1. The lowest BCUT2D eigenvalue weighted by Gasteiger charge is -2.06. The van der Waals surface area contributed by atoms with Gasteiger partial charge in [-0.1, -0.05) is 11.6 Å². The normalized spacial score (nSPS) is 10.6. The van der Waals surface area contributed by atoms with Crippen LogP contribution >= 0.6 is 23.2 Å². The predicted octanol–water partition coefficient (Wildman–Crippen LogP) is 3.49. The second kappa shape index (κ2) is 4.98. The Morgan fingerprint density at radius 2 is 2.12 bits per heavy atom. The van der Waals surface area contributed by atoms with E-state index in [1.165, 1.54) is 0 Å². The number of hydrogen-bond acceptors (Lipinski definition) is 2. The van der Waals surface area contributed by atoms with E-state index >= 15 is 0 Å². The Balaban J connectivity index is 2.45. The maximum Gasteiger partial charge on any atom is 0.137 e. The van der Waals surface area contributed by atoms with Gasteiger partial charge in [0.1, 0.15) is 5.75 Å².